The standard InChI is InChI=1S/C17H17NO2/c19-17(12-9-13-6-7-14(10-12)20-13)15-5-1-3-11-4-2-8-18-16(11)15/h1-5,8,12-14H,6-7,9-10H2. The third-order valence-electron chi connectivity index (χ3n) is 4.56. The molecule has 0 saturated carbocycles. The van der Waals surface area contributed by atoms with E-state index >= 15 is 0 Å². The maximum Gasteiger partial charge on any atom is 0.168 e. The van der Waals surface area contributed by atoms with E-state index in [9.17, 15) is 4.79 Å². The number of para-hydroxylation sites is 1. The summed E-state index contributed by atoms with van der Waals surface area (Å²) >= 11 is 0. The molecule has 1 aromatic heterocycles. The SMILES string of the molecule is O=C(c1cccc2cccnc12)C1CC2CCC(C1)O2. The number of rotatable bonds is 2. The molecule has 0 N–H and O–H groups in total. The van der Waals surface area contributed by atoms with Gasteiger partial charge < -0.3 is 4.74 Å². The largest absolute Gasteiger partial charge is 0.375 e. The van der Waals surface area contributed by atoms with Gasteiger partial charge in [0.05, 0.1) is 17.7 Å². The van der Waals surface area contributed by atoms with Gasteiger partial charge in [-0.25, -0.2) is 0 Å². The van der Waals surface area contributed by atoms with Crippen LogP contribution in [0.4, 0.5) is 0 Å². The highest BCUT2D eigenvalue weighted by atomic mass is 16.5. The van der Waals surface area contributed by atoms with Crippen LogP contribution in [0.3, 0.4) is 0 Å². The number of ether oxygens (including phenoxy) is 1. The molecule has 2 unspecified atom stereocenters. The van der Waals surface area contributed by atoms with Crippen LogP contribution in [0, 0.1) is 5.92 Å². The van der Waals surface area contributed by atoms with Crippen molar-refractivity contribution in [1.29, 1.82) is 0 Å². The summed E-state index contributed by atoms with van der Waals surface area (Å²) in [6, 6.07) is 9.78. The molecule has 0 aliphatic carbocycles. The van der Waals surface area contributed by atoms with Crippen LogP contribution >= 0.6 is 0 Å². The van der Waals surface area contributed by atoms with Gasteiger partial charge in [-0.15, -0.1) is 0 Å². The summed E-state index contributed by atoms with van der Waals surface area (Å²) in [5.74, 6) is 0.350. The van der Waals surface area contributed by atoms with E-state index < -0.39 is 0 Å². The average molecular weight is 267 g/mol. The molecule has 2 aliphatic rings. The van der Waals surface area contributed by atoms with E-state index in [4.69, 9.17) is 4.74 Å². The molecule has 4 rings (SSSR count). The minimum atomic E-state index is 0.105. The van der Waals surface area contributed by atoms with E-state index in [1.54, 1.807) is 6.20 Å². The van der Waals surface area contributed by atoms with Gasteiger partial charge in [-0.05, 0) is 37.8 Å². The highest BCUT2D eigenvalue weighted by Gasteiger charge is 2.38. The Balaban J connectivity index is 1.70. The van der Waals surface area contributed by atoms with E-state index in [-0.39, 0.29) is 11.7 Å². The highest BCUT2D eigenvalue weighted by Crippen LogP contribution is 2.37. The normalized spacial score (nSPS) is 28.7. The Morgan fingerprint density at radius 2 is 1.85 bits per heavy atom. The molecule has 2 saturated heterocycles. The lowest BCUT2D eigenvalue weighted by molar-refractivity contribution is -0.0148. The summed E-state index contributed by atoms with van der Waals surface area (Å²) in [5.41, 5.74) is 1.60. The first-order valence-corrected chi connectivity index (χ1v) is 7.34. The molecule has 2 bridgehead atoms. The number of pyridine rings is 1. The van der Waals surface area contributed by atoms with Gasteiger partial charge in [0.1, 0.15) is 0 Å². The number of benzene rings is 1. The van der Waals surface area contributed by atoms with Crippen LogP contribution in [0.15, 0.2) is 36.5 Å². The molecule has 3 nitrogen and oxygen atoms in total. The Labute approximate surface area is 118 Å². The zero-order chi connectivity index (χ0) is 13.5. The Bertz CT molecular complexity index is 650. The monoisotopic (exact) mass is 267 g/mol. The van der Waals surface area contributed by atoms with Gasteiger partial charge in [0.2, 0.25) is 0 Å². The number of carbonyl (C=O) groups is 1. The minimum Gasteiger partial charge on any atom is -0.375 e. The van der Waals surface area contributed by atoms with Gasteiger partial charge in [0.25, 0.3) is 0 Å². The van der Waals surface area contributed by atoms with Gasteiger partial charge >= 0.3 is 0 Å². The lowest BCUT2D eigenvalue weighted by Gasteiger charge is -2.27. The van der Waals surface area contributed by atoms with Crippen LogP contribution < -0.4 is 0 Å². The summed E-state index contributed by atoms with van der Waals surface area (Å²) in [6.07, 6.45) is 6.32. The highest BCUT2D eigenvalue weighted by molar-refractivity contribution is 6.07. The maximum absolute atomic E-state index is 12.8. The lowest BCUT2D eigenvalue weighted by Crippen LogP contribution is -2.30. The summed E-state index contributed by atoms with van der Waals surface area (Å²) < 4.78 is 5.83. The summed E-state index contributed by atoms with van der Waals surface area (Å²) in [4.78, 5) is 17.2. The second-order valence-electron chi connectivity index (χ2n) is 5.87. The van der Waals surface area contributed by atoms with Crippen molar-refractivity contribution in [1.82, 2.24) is 4.98 Å². The van der Waals surface area contributed by atoms with E-state index in [2.05, 4.69) is 4.98 Å². The van der Waals surface area contributed by atoms with Crippen molar-refractivity contribution in [3.8, 4) is 0 Å². The quantitative estimate of drug-likeness (QED) is 0.783. The zero-order valence-corrected chi connectivity index (χ0v) is 11.3. The molecule has 3 heteroatoms. The van der Waals surface area contributed by atoms with Crippen molar-refractivity contribution < 1.29 is 9.53 Å². The number of ketones is 1. The van der Waals surface area contributed by atoms with E-state index in [1.165, 1.54) is 0 Å². The van der Waals surface area contributed by atoms with Gasteiger partial charge in [0.15, 0.2) is 5.78 Å². The van der Waals surface area contributed by atoms with Crippen molar-refractivity contribution in [2.24, 2.45) is 5.92 Å². The molecule has 2 aliphatic heterocycles. The molecule has 2 fully saturated rings. The zero-order valence-electron chi connectivity index (χ0n) is 11.3. The van der Waals surface area contributed by atoms with Crippen molar-refractivity contribution in [2.75, 3.05) is 0 Å². The first-order valence-electron chi connectivity index (χ1n) is 7.34. The first-order chi connectivity index (χ1) is 9.81. The number of nitrogens with zero attached hydrogens (tertiary/aromatic N) is 1. The summed E-state index contributed by atoms with van der Waals surface area (Å²) in [7, 11) is 0. The molecule has 0 radical (unpaired) electrons. The van der Waals surface area contributed by atoms with E-state index in [0.29, 0.717) is 12.2 Å². The smallest absolute Gasteiger partial charge is 0.168 e. The third-order valence-corrected chi connectivity index (χ3v) is 4.56. The number of hydrogen-bond acceptors (Lipinski definition) is 3. The maximum atomic E-state index is 12.8. The van der Waals surface area contributed by atoms with Crippen LogP contribution in [-0.4, -0.2) is 23.0 Å². The first kappa shape index (κ1) is 12.0. The second kappa shape index (κ2) is 4.67. The van der Waals surface area contributed by atoms with Crippen molar-refractivity contribution in [2.45, 2.75) is 37.9 Å². The molecule has 1 aromatic carbocycles. The number of Topliss-reactive ketones (excluding diaryl/α,β-unsaturated/α-hetero) is 1. The summed E-state index contributed by atoms with van der Waals surface area (Å²) in [6.45, 7) is 0. The van der Waals surface area contributed by atoms with Crippen LogP contribution in [-0.2, 0) is 4.74 Å². The number of aromatic nitrogens is 1. The molecule has 2 atom stereocenters. The minimum absolute atomic E-state index is 0.105. The van der Waals surface area contributed by atoms with E-state index in [0.717, 1.165) is 42.1 Å². The summed E-state index contributed by atoms with van der Waals surface area (Å²) in [5, 5.41) is 1.04. The van der Waals surface area contributed by atoms with Crippen molar-refractivity contribution in [3.05, 3.63) is 42.1 Å². The van der Waals surface area contributed by atoms with Gasteiger partial charge in [-0.1, -0.05) is 18.2 Å². The third kappa shape index (κ3) is 1.93. The lowest BCUT2D eigenvalue weighted by atomic mass is 9.87. The Kier molecular flexibility index (Phi) is 2.81. The molecule has 0 amide bonds. The van der Waals surface area contributed by atoms with Crippen LogP contribution in [0.2, 0.25) is 0 Å². The van der Waals surface area contributed by atoms with Crippen molar-refractivity contribution >= 4 is 16.7 Å². The van der Waals surface area contributed by atoms with Gasteiger partial charge in [0, 0.05) is 23.1 Å². The Morgan fingerprint density at radius 1 is 1.10 bits per heavy atom. The van der Waals surface area contributed by atoms with Crippen LogP contribution in [0.5, 0.6) is 0 Å². The topological polar surface area (TPSA) is 39.2 Å². The van der Waals surface area contributed by atoms with Gasteiger partial charge in [-0.3, -0.25) is 9.78 Å². The fourth-order valence-corrected chi connectivity index (χ4v) is 3.59. The van der Waals surface area contributed by atoms with Crippen molar-refractivity contribution in [3.63, 3.8) is 0 Å². The fourth-order valence-electron chi connectivity index (χ4n) is 3.59. The molecule has 20 heavy (non-hydrogen) atoms. The predicted octanol–water partition coefficient (Wildman–Crippen LogP) is 3.38. The van der Waals surface area contributed by atoms with Crippen LogP contribution in [0.1, 0.15) is 36.0 Å². The molecule has 2 aromatic rings. The molecule has 3 heterocycles. The molecule has 0 spiro atoms. The number of hydrogen-bond donors (Lipinski definition) is 0. The Hall–Kier alpha value is -1.74. The van der Waals surface area contributed by atoms with E-state index in [1.807, 2.05) is 30.3 Å². The second-order valence-corrected chi connectivity index (χ2v) is 5.87. The molecular weight excluding hydrogens is 250 g/mol. The predicted molar refractivity (Wildman–Crippen MR) is 76.7 cm³/mol. The molecule has 102 valence electrons. The number of carbonyl (C=O) groups excluding carboxylic acids is 1. The van der Waals surface area contributed by atoms with Gasteiger partial charge in [-0.2, -0.15) is 0 Å². The Morgan fingerprint density at radius 3 is 2.65 bits per heavy atom. The average Bonchev–Trinajstić information content (AvgIpc) is 2.84. The molecular formula is C17H17NO2. The van der Waals surface area contributed by atoms with Crippen LogP contribution in [0.25, 0.3) is 10.9 Å². The fraction of sp³-hybridized carbons (Fsp3) is 0.412. The number of fused-ring (bicyclic) bond motifs is 3.